The minimum atomic E-state index is -0.966. The van der Waals surface area contributed by atoms with E-state index in [4.69, 9.17) is 4.74 Å². The van der Waals surface area contributed by atoms with Crippen molar-refractivity contribution in [2.45, 2.75) is 134 Å². The number of halogens is 1. The monoisotopic (exact) mass is 748 g/mol. The van der Waals surface area contributed by atoms with E-state index in [2.05, 4.69) is 34.8 Å². The number of carbonyl (C=O) groups is 2. The molecule has 0 aromatic heterocycles. The van der Waals surface area contributed by atoms with Crippen LogP contribution in [0.4, 0.5) is 0 Å². The third-order valence-corrected chi connectivity index (χ3v) is 12.1. The molecule has 0 radical (unpaired) electrons. The van der Waals surface area contributed by atoms with Gasteiger partial charge in [-0.2, -0.15) is 0 Å². The van der Waals surface area contributed by atoms with E-state index in [9.17, 15) is 19.8 Å². The Bertz CT molecular complexity index is 1150. The summed E-state index contributed by atoms with van der Waals surface area (Å²) >= 11 is 2.22. The molecule has 1 aromatic rings. The van der Waals surface area contributed by atoms with E-state index in [1.54, 1.807) is 6.08 Å². The second kappa shape index (κ2) is 17.1. The molecule has 6 rings (SSSR count). The van der Waals surface area contributed by atoms with Gasteiger partial charge >= 0.3 is 0 Å². The van der Waals surface area contributed by atoms with Gasteiger partial charge in [0.1, 0.15) is 18.0 Å². The molecule has 8 heteroatoms. The van der Waals surface area contributed by atoms with Crippen LogP contribution in [0.2, 0.25) is 0 Å². The summed E-state index contributed by atoms with van der Waals surface area (Å²) in [5.74, 6) is 2.75. The molecule has 5 aliphatic rings. The molecule has 7 nitrogen and oxygen atoms in total. The molecule has 256 valence electrons. The maximum absolute atomic E-state index is 14.3. The molecule has 5 aliphatic carbocycles. The topological polar surface area (TPSA) is 99.1 Å². The lowest BCUT2D eigenvalue weighted by molar-refractivity contribution is -0.147. The highest BCUT2D eigenvalue weighted by Gasteiger charge is 2.53. The van der Waals surface area contributed by atoms with Gasteiger partial charge in [0.2, 0.25) is 11.8 Å². The van der Waals surface area contributed by atoms with Crippen LogP contribution in [0.1, 0.15) is 116 Å². The molecule has 0 heterocycles. The third-order valence-electron chi connectivity index (χ3n) is 11.2. The van der Waals surface area contributed by atoms with Gasteiger partial charge in [-0.3, -0.25) is 9.59 Å². The van der Waals surface area contributed by atoms with Crippen LogP contribution in [-0.4, -0.2) is 64.9 Å². The van der Waals surface area contributed by atoms with Crippen molar-refractivity contribution < 1.29 is 24.5 Å². The Morgan fingerprint density at radius 3 is 2.17 bits per heavy atom. The maximum atomic E-state index is 14.3. The van der Waals surface area contributed by atoms with Crippen LogP contribution < -0.4 is 10.1 Å². The van der Waals surface area contributed by atoms with Crippen LogP contribution in [0.15, 0.2) is 35.9 Å². The number of aliphatic hydroxyl groups excluding tert-OH is 2. The largest absolute Gasteiger partial charge is 0.482 e. The lowest BCUT2D eigenvalue weighted by Gasteiger charge is -2.58. The smallest absolute Gasteiger partial charge is 0.247 e. The highest BCUT2D eigenvalue weighted by atomic mass is 127. The fourth-order valence-electron chi connectivity index (χ4n) is 9.43. The highest BCUT2D eigenvalue weighted by molar-refractivity contribution is 14.1. The summed E-state index contributed by atoms with van der Waals surface area (Å²) in [7, 11) is 0. The van der Waals surface area contributed by atoms with Crippen LogP contribution >= 0.6 is 22.6 Å². The SMILES string of the molecule is CCCCCCCCCCCC(=O)N(CC12CC3CC(CC(C3)C1)C2)[C@@H]1CC(C(=O)NCCO)=C[C@H](Oc2ccccc2I)[C@H]1O. The summed E-state index contributed by atoms with van der Waals surface area (Å²) in [5.41, 5.74) is 0.611. The Morgan fingerprint density at radius 2 is 1.57 bits per heavy atom. The fraction of sp³-hybridized carbons (Fsp3) is 0.737. The maximum Gasteiger partial charge on any atom is 0.247 e. The summed E-state index contributed by atoms with van der Waals surface area (Å²) in [6.07, 6.45) is 19.0. The zero-order chi connectivity index (χ0) is 32.5. The lowest BCUT2D eigenvalue weighted by atomic mass is 9.49. The molecule has 4 saturated carbocycles. The van der Waals surface area contributed by atoms with Crippen molar-refractivity contribution in [3.8, 4) is 5.75 Å². The number of rotatable bonds is 18. The van der Waals surface area contributed by atoms with Crippen molar-refractivity contribution in [1.82, 2.24) is 10.2 Å². The van der Waals surface area contributed by atoms with Gasteiger partial charge in [0.05, 0.1) is 16.2 Å². The molecule has 46 heavy (non-hydrogen) atoms. The molecule has 0 aliphatic heterocycles. The summed E-state index contributed by atoms with van der Waals surface area (Å²) < 4.78 is 7.31. The van der Waals surface area contributed by atoms with Gasteiger partial charge in [-0.15, -0.1) is 0 Å². The van der Waals surface area contributed by atoms with Crippen LogP contribution in [0.5, 0.6) is 5.75 Å². The van der Waals surface area contributed by atoms with Gasteiger partial charge in [0.15, 0.2) is 0 Å². The molecule has 4 fully saturated rings. The van der Waals surface area contributed by atoms with Gasteiger partial charge in [-0.05, 0) is 109 Å². The van der Waals surface area contributed by atoms with E-state index in [1.165, 1.54) is 77.0 Å². The fourth-order valence-corrected chi connectivity index (χ4v) is 9.95. The third kappa shape index (κ3) is 9.28. The van der Waals surface area contributed by atoms with Crippen LogP contribution in [0.3, 0.4) is 0 Å². The Balaban J connectivity index is 1.34. The van der Waals surface area contributed by atoms with Gasteiger partial charge in [-0.1, -0.05) is 70.4 Å². The van der Waals surface area contributed by atoms with Crippen molar-refractivity contribution in [1.29, 1.82) is 0 Å². The molecule has 0 saturated heterocycles. The highest BCUT2D eigenvalue weighted by Crippen LogP contribution is 2.60. The van der Waals surface area contributed by atoms with Crippen molar-refractivity contribution in [3.63, 3.8) is 0 Å². The Labute approximate surface area is 290 Å². The first-order valence-corrected chi connectivity index (χ1v) is 19.4. The Kier molecular flexibility index (Phi) is 13.3. The van der Waals surface area contributed by atoms with Gasteiger partial charge in [0.25, 0.3) is 0 Å². The molecule has 2 amide bonds. The molecule has 4 bridgehead atoms. The van der Waals surface area contributed by atoms with E-state index < -0.39 is 18.2 Å². The van der Waals surface area contributed by atoms with Crippen molar-refractivity contribution in [3.05, 3.63) is 39.5 Å². The van der Waals surface area contributed by atoms with E-state index >= 15 is 0 Å². The van der Waals surface area contributed by atoms with Gasteiger partial charge < -0.3 is 25.2 Å². The standard InChI is InChI=1S/C38H57IN2O5/c1-2-3-4-5-6-7-8-9-10-15-35(43)41(26-38-23-27-18-28(24-38)20-29(19-27)25-38)32-21-30(37(45)40-16-17-42)22-34(36(32)44)46-33-14-12-11-13-31(33)39/h11-14,22,27-29,32,34,36,42,44H,2-10,15-21,23-26H2,1H3,(H,40,45)/t27?,28?,29?,32-,34+,36+,38?/m1/s1. The first kappa shape index (κ1) is 35.7. The summed E-state index contributed by atoms with van der Waals surface area (Å²) in [5, 5.41) is 24.1. The van der Waals surface area contributed by atoms with Crippen molar-refractivity contribution >= 4 is 34.4 Å². The average Bonchev–Trinajstić information content (AvgIpc) is 3.03. The number of hydrogen-bond donors (Lipinski definition) is 3. The normalized spacial score (nSPS) is 29.8. The Morgan fingerprint density at radius 1 is 0.957 bits per heavy atom. The Hall–Kier alpha value is -1.65. The van der Waals surface area contributed by atoms with Crippen molar-refractivity contribution in [2.24, 2.45) is 23.2 Å². The number of nitrogens with one attached hydrogen (secondary N) is 1. The van der Waals surface area contributed by atoms with Gasteiger partial charge in [0, 0.05) is 31.5 Å². The number of ether oxygens (including phenoxy) is 1. The van der Waals surface area contributed by atoms with E-state index in [0.29, 0.717) is 24.3 Å². The zero-order valence-corrected chi connectivity index (χ0v) is 30.1. The number of amides is 2. The number of nitrogens with zero attached hydrogens (tertiary/aromatic N) is 1. The zero-order valence-electron chi connectivity index (χ0n) is 27.9. The molecular weight excluding hydrogens is 691 g/mol. The van der Waals surface area contributed by atoms with Crippen LogP contribution in [0.25, 0.3) is 0 Å². The van der Waals surface area contributed by atoms with E-state index in [0.717, 1.165) is 40.6 Å². The average molecular weight is 749 g/mol. The molecule has 3 N–H and O–H groups in total. The predicted molar refractivity (Wildman–Crippen MR) is 190 cm³/mol. The summed E-state index contributed by atoms with van der Waals surface area (Å²) in [6, 6.07) is 7.12. The molecule has 1 aromatic carbocycles. The van der Waals surface area contributed by atoms with Crippen LogP contribution in [0, 0.1) is 26.7 Å². The molecule has 0 spiro atoms. The number of carbonyl (C=O) groups excluding carboxylic acids is 2. The second-order valence-corrected chi connectivity index (χ2v) is 16.1. The number of benzene rings is 1. The first-order chi connectivity index (χ1) is 22.3. The quantitative estimate of drug-likeness (QED) is 0.109. The van der Waals surface area contributed by atoms with Gasteiger partial charge in [-0.25, -0.2) is 0 Å². The summed E-state index contributed by atoms with van der Waals surface area (Å²) in [4.78, 5) is 29.6. The molecular formula is C38H57IN2O5. The van der Waals surface area contributed by atoms with E-state index in [-0.39, 0.29) is 36.8 Å². The first-order valence-electron chi connectivity index (χ1n) is 18.3. The number of aliphatic hydroxyl groups is 2. The number of unbranched alkanes of at least 4 members (excludes halogenated alkanes) is 8. The lowest BCUT2D eigenvalue weighted by Crippen LogP contribution is -2.59. The molecule has 0 unspecified atom stereocenters. The summed E-state index contributed by atoms with van der Waals surface area (Å²) in [6.45, 7) is 2.91. The van der Waals surface area contributed by atoms with Crippen molar-refractivity contribution in [2.75, 3.05) is 19.7 Å². The number of para-hydroxylation sites is 1. The predicted octanol–water partition coefficient (Wildman–Crippen LogP) is 7.17. The second-order valence-electron chi connectivity index (χ2n) is 15.0. The van der Waals surface area contributed by atoms with E-state index in [1.807, 2.05) is 29.2 Å². The van der Waals surface area contributed by atoms with Crippen LogP contribution in [-0.2, 0) is 9.59 Å². The number of hydrogen-bond acceptors (Lipinski definition) is 5. The minimum Gasteiger partial charge on any atom is -0.482 e. The minimum absolute atomic E-state index is 0.104. The molecule has 3 atom stereocenters.